The zero-order chi connectivity index (χ0) is 7.84. The van der Waals surface area contributed by atoms with Gasteiger partial charge in [-0.1, -0.05) is 12.2 Å². The summed E-state index contributed by atoms with van der Waals surface area (Å²) in [5.41, 5.74) is 0. The molecule has 0 aromatic rings. The summed E-state index contributed by atoms with van der Waals surface area (Å²) in [6.45, 7) is 0. The summed E-state index contributed by atoms with van der Waals surface area (Å²) in [5, 5.41) is 0. The minimum absolute atomic E-state index is 0.100. The van der Waals surface area contributed by atoms with Crippen molar-refractivity contribution in [2.45, 2.75) is 18.9 Å². The van der Waals surface area contributed by atoms with Gasteiger partial charge in [0, 0.05) is 16.6 Å². The number of rotatable bonds is 2. The highest BCUT2D eigenvalue weighted by molar-refractivity contribution is 8.04. The highest BCUT2D eigenvalue weighted by atomic mass is 35.7. The lowest BCUT2D eigenvalue weighted by atomic mass is 10.1. The van der Waals surface area contributed by atoms with Crippen molar-refractivity contribution < 1.29 is 8.39 Å². The second-order valence-electron chi connectivity index (χ2n) is 3.11. The highest BCUT2D eigenvalue weighted by Gasteiger charge is 2.37. The van der Waals surface area contributed by atoms with Crippen molar-refractivity contribution in [3.05, 3.63) is 12.2 Å². The molecule has 0 amide bonds. The molecule has 1 unspecified atom stereocenters. The van der Waals surface area contributed by atoms with Crippen LogP contribution in [0, 0.1) is 11.8 Å². The van der Waals surface area contributed by atoms with Gasteiger partial charge in [0.05, 0.1) is 6.10 Å². The van der Waals surface area contributed by atoms with Gasteiger partial charge in [-0.3, -0.25) is 4.18 Å². The van der Waals surface area contributed by atoms with Crippen molar-refractivity contribution in [2.24, 2.45) is 11.8 Å². The van der Waals surface area contributed by atoms with Crippen LogP contribution < -0.4 is 0 Å². The largest absolute Gasteiger partial charge is 0.274 e. The third kappa shape index (κ3) is 1.50. The monoisotopic (exact) mass is 192 g/mol. The molecule has 2 aliphatic rings. The molecule has 1 saturated carbocycles. The molecule has 2 nitrogen and oxygen atoms in total. The van der Waals surface area contributed by atoms with Gasteiger partial charge in [-0.15, -0.1) is 0 Å². The van der Waals surface area contributed by atoms with E-state index < -0.39 is 10.3 Å². The Morgan fingerprint density at radius 3 is 2.73 bits per heavy atom. The zero-order valence-electron chi connectivity index (χ0n) is 5.90. The van der Waals surface area contributed by atoms with Crippen LogP contribution in [0.3, 0.4) is 0 Å². The molecule has 2 rings (SSSR count). The molecular weight excluding hydrogens is 184 g/mol. The summed E-state index contributed by atoms with van der Waals surface area (Å²) in [5.74, 6) is 1.10. The highest BCUT2D eigenvalue weighted by Crippen LogP contribution is 2.41. The Balaban J connectivity index is 1.98. The van der Waals surface area contributed by atoms with Crippen LogP contribution in [0.4, 0.5) is 0 Å². The van der Waals surface area contributed by atoms with Crippen LogP contribution in [-0.4, -0.2) is 10.3 Å². The van der Waals surface area contributed by atoms with E-state index in [0.717, 1.165) is 12.8 Å². The number of hydrogen-bond donors (Lipinski definition) is 0. The number of fused-ring (bicyclic) bond motifs is 2. The van der Waals surface area contributed by atoms with Crippen LogP contribution in [0.15, 0.2) is 12.2 Å². The standard InChI is InChI=1S/C7H9ClO2S/c8-11(9)10-7-4-5-1-2-6(7)3-5/h1-2,5-7H,3-4H2/t5-,6+,7+,11?/m1/s1. The first-order valence-corrected chi connectivity index (χ1v) is 5.59. The smallest absolute Gasteiger partial charge is 0.256 e. The van der Waals surface area contributed by atoms with Crippen LogP contribution in [0.5, 0.6) is 0 Å². The van der Waals surface area contributed by atoms with Gasteiger partial charge in [0.15, 0.2) is 0 Å². The molecule has 11 heavy (non-hydrogen) atoms. The van der Waals surface area contributed by atoms with Crippen LogP contribution in [0.25, 0.3) is 0 Å². The molecule has 2 aliphatic carbocycles. The average molecular weight is 193 g/mol. The van der Waals surface area contributed by atoms with E-state index in [1.807, 2.05) is 0 Å². The van der Waals surface area contributed by atoms with E-state index in [4.69, 9.17) is 14.9 Å². The molecule has 0 saturated heterocycles. The maximum atomic E-state index is 10.5. The topological polar surface area (TPSA) is 26.3 Å². The molecule has 1 fully saturated rings. The number of hydrogen-bond acceptors (Lipinski definition) is 2. The number of halogens is 1. The van der Waals surface area contributed by atoms with Crippen LogP contribution in [-0.2, 0) is 14.5 Å². The first kappa shape index (κ1) is 7.77. The lowest BCUT2D eigenvalue weighted by molar-refractivity contribution is 0.201. The first-order chi connectivity index (χ1) is 5.25. The predicted molar refractivity (Wildman–Crippen MR) is 44.2 cm³/mol. The third-order valence-corrected chi connectivity index (χ3v) is 3.03. The molecule has 4 atom stereocenters. The third-order valence-electron chi connectivity index (χ3n) is 2.42. The Hall–Kier alpha value is 0.140. The Bertz CT molecular complexity index is 216. The van der Waals surface area contributed by atoms with Gasteiger partial charge >= 0.3 is 0 Å². The van der Waals surface area contributed by atoms with Crippen molar-refractivity contribution >= 4 is 21.0 Å². The molecule has 0 aliphatic heterocycles. The lowest BCUT2D eigenvalue weighted by Gasteiger charge is -2.14. The summed E-state index contributed by atoms with van der Waals surface area (Å²) in [4.78, 5) is 0. The molecule has 4 heteroatoms. The molecule has 2 bridgehead atoms. The van der Waals surface area contributed by atoms with Crippen molar-refractivity contribution in [1.29, 1.82) is 0 Å². The van der Waals surface area contributed by atoms with Crippen molar-refractivity contribution in [2.75, 3.05) is 0 Å². The van der Waals surface area contributed by atoms with E-state index in [1.165, 1.54) is 0 Å². The average Bonchev–Trinajstić information content (AvgIpc) is 2.45. The molecule has 0 spiro atoms. The van der Waals surface area contributed by atoms with E-state index in [2.05, 4.69) is 12.2 Å². The molecule has 0 radical (unpaired) electrons. The quantitative estimate of drug-likeness (QED) is 0.493. The molecule has 62 valence electrons. The van der Waals surface area contributed by atoms with Crippen LogP contribution in [0.2, 0.25) is 0 Å². The van der Waals surface area contributed by atoms with Gasteiger partial charge < -0.3 is 0 Å². The Labute approximate surface area is 72.7 Å². The number of allylic oxidation sites excluding steroid dienone is 1. The van der Waals surface area contributed by atoms with Gasteiger partial charge in [-0.25, -0.2) is 4.21 Å². The molecule has 0 aromatic heterocycles. The first-order valence-electron chi connectivity index (χ1n) is 3.69. The molecular formula is C7H9ClO2S. The second kappa shape index (κ2) is 2.88. The summed E-state index contributed by atoms with van der Waals surface area (Å²) in [7, 11) is 3.60. The Kier molecular flexibility index (Phi) is 2.04. The summed E-state index contributed by atoms with van der Waals surface area (Å²) < 4.78 is 15.5. The van der Waals surface area contributed by atoms with Gasteiger partial charge in [-0.2, -0.15) is 0 Å². The van der Waals surface area contributed by atoms with Crippen LogP contribution in [0.1, 0.15) is 12.8 Å². The van der Waals surface area contributed by atoms with Crippen molar-refractivity contribution in [3.63, 3.8) is 0 Å². The fraction of sp³-hybridized carbons (Fsp3) is 0.714. The fourth-order valence-electron chi connectivity index (χ4n) is 1.94. The molecule has 0 aromatic carbocycles. The van der Waals surface area contributed by atoms with Crippen molar-refractivity contribution in [1.82, 2.24) is 0 Å². The maximum absolute atomic E-state index is 10.5. The minimum atomic E-state index is -1.62. The summed E-state index contributed by atoms with van der Waals surface area (Å²) in [6.07, 6.45) is 6.59. The SMILES string of the molecule is O=S(Cl)O[C@H]1C[C@@H]2C=C[C@H]1C2. The predicted octanol–water partition coefficient (Wildman–Crippen LogP) is 1.79. The van der Waals surface area contributed by atoms with Gasteiger partial charge in [0.2, 0.25) is 0 Å². The normalized spacial score (nSPS) is 43.2. The minimum Gasteiger partial charge on any atom is -0.274 e. The second-order valence-corrected chi connectivity index (χ2v) is 4.45. The molecule has 0 heterocycles. The van der Waals surface area contributed by atoms with Crippen molar-refractivity contribution in [3.8, 4) is 0 Å². The van der Waals surface area contributed by atoms with Crippen LogP contribution >= 0.6 is 10.7 Å². The Morgan fingerprint density at radius 2 is 2.27 bits per heavy atom. The van der Waals surface area contributed by atoms with Gasteiger partial charge in [-0.05, 0) is 18.8 Å². The summed E-state index contributed by atoms with van der Waals surface area (Å²) in [6, 6.07) is 0. The van der Waals surface area contributed by atoms with E-state index in [1.54, 1.807) is 0 Å². The van der Waals surface area contributed by atoms with Gasteiger partial charge in [0.25, 0.3) is 10.3 Å². The fourth-order valence-corrected chi connectivity index (χ4v) is 2.63. The van der Waals surface area contributed by atoms with E-state index >= 15 is 0 Å². The maximum Gasteiger partial charge on any atom is 0.256 e. The van der Waals surface area contributed by atoms with E-state index in [-0.39, 0.29) is 6.10 Å². The van der Waals surface area contributed by atoms with E-state index in [0.29, 0.717) is 11.8 Å². The van der Waals surface area contributed by atoms with Gasteiger partial charge in [0.1, 0.15) is 0 Å². The molecule has 0 N–H and O–H groups in total. The van der Waals surface area contributed by atoms with E-state index in [9.17, 15) is 4.21 Å². The zero-order valence-corrected chi connectivity index (χ0v) is 7.48. The summed E-state index contributed by atoms with van der Waals surface area (Å²) >= 11 is 0. The Morgan fingerprint density at radius 1 is 1.45 bits per heavy atom. The lowest BCUT2D eigenvalue weighted by Crippen LogP contribution is -2.17.